The largest absolute Gasteiger partial charge is 0.392 e. The third-order valence-corrected chi connectivity index (χ3v) is 2.40. The van der Waals surface area contributed by atoms with E-state index in [9.17, 15) is 0 Å². The van der Waals surface area contributed by atoms with Gasteiger partial charge in [-0.05, 0) is 6.92 Å². The van der Waals surface area contributed by atoms with E-state index in [2.05, 4.69) is 10.3 Å². The lowest BCUT2D eigenvalue weighted by atomic mass is 10.1. The molecule has 1 aromatic carbocycles. The van der Waals surface area contributed by atoms with Crippen LogP contribution in [0.1, 0.15) is 5.56 Å². The zero-order valence-electron chi connectivity index (χ0n) is 8.92. The van der Waals surface area contributed by atoms with Crippen LogP contribution < -0.4 is 5.73 Å². The lowest BCUT2D eigenvalue weighted by Crippen LogP contribution is -2.18. The Bertz CT molecular complexity index is 501. The lowest BCUT2D eigenvalue weighted by Gasteiger charge is -2.05. The molecule has 0 aliphatic carbocycles. The molecule has 0 atom stereocenters. The molecular formula is C11H12N4S. The number of aryl methyl sites for hydroxylation is 1. The highest BCUT2D eigenvalue weighted by molar-refractivity contribution is 7.80. The summed E-state index contributed by atoms with van der Waals surface area (Å²) >= 11 is 4.86. The van der Waals surface area contributed by atoms with Crippen LogP contribution in [0.5, 0.6) is 0 Å². The maximum absolute atomic E-state index is 5.50. The molecule has 2 N–H and O–H groups in total. The van der Waals surface area contributed by atoms with Gasteiger partial charge in [0.25, 0.3) is 0 Å². The van der Waals surface area contributed by atoms with Gasteiger partial charge >= 0.3 is 0 Å². The Labute approximate surface area is 99.1 Å². The lowest BCUT2D eigenvalue weighted by molar-refractivity contribution is 0.687. The van der Waals surface area contributed by atoms with Crippen LogP contribution in [0.2, 0.25) is 0 Å². The first-order chi connectivity index (χ1) is 7.66. The fourth-order valence-corrected chi connectivity index (χ4v) is 1.59. The highest BCUT2D eigenvalue weighted by Crippen LogP contribution is 2.18. The molecule has 2 aromatic rings. The zero-order chi connectivity index (χ0) is 11.5. The molecule has 0 amide bonds. The molecule has 16 heavy (non-hydrogen) atoms. The summed E-state index contributed by atoms with van der Waals surface area (Å²) in [6.45, 7) is 2.47. The van der Waals surface area contributed by atoms with E-state index in [-0.39, 0.29) is 0 Å². The fraction of sp³-hybridized carbons (Fsp3) is 0.182. The minimum atomic E-state index is 0.402. The Morgan fingerprint density at radius 3 is 2.69 bits per heavy atom. The smallest absolute Gasteiger partial charge is 0.0946 e. The van der Waals surface area contributed by atoms with Gasteiger partial charge in [0.2, 0.25) is 0 Å². The van der Waals surface area contributed by atoms with E-state index in [0.717, 1.165) is 11.3 Å². The van der Waals surface area contributed by atoms with Gasteiger partial charge in [-0.25, -0.2) is 4.68 Å². The van der Waals surface area contributed by atoms with Crippen molar-refractivity contribution in [3.8, 4) is 11.3 Å². The van der Waals surface area contributed by atoms with Crippen molar-refractivity contribution in [1.29, 1.82) is 0 Å². The predicted molar refractivity (Wildman–Crippen MR) is 67.0 cm³/mol. The zero-order valence-corrected chi connectivity index (χ0v) is 9.74. The molecule has 2 rings (SSSR count). The van der Waals surface area contributed by atoms with Crippen molar-refractivity contribution in [2.45, 2.75) is 13.5 Å². The summed E-state index contributed by atoms with van der Waals surface area (Å²) < 4.78 is 1.70. The highest BCUT2D eigenvalue weighted by atomic mass is 32.1. The van der Waals surface area contributed by atoms with Crippen molar-refractivity contribution in [3.63, 3.8) is 0 Å². The first kappa shape index (κ1) is 10.8. The molecule has 0 fully saturated rings. The summed E-state index contributed by atoms with van der Waals surface area (Å²) in [5.74, 6) is 0. The summed E-state index contributed by atoms with van der Waals surface area (Å²) in [6.07, 6.45) is 1.71. The summed E-state index contributed by atoms with van der Waals surface area (Å²) in [5.41, 5.74) is 8.70. The third-order valence-electron chi connectivity index (χ3n) is 2.27. The first-order valence-corrected chi connectivity index (χ1v) is 5.31. The predicted octanol–water partition coefficient (Wildman–Crippen LogP) is 1.54. The number of hydrogen-bond acceptors (Lipinski definition) is 3. The number of thiocarbonyl (C=S) groups is 1. The summed E-state index contributed by atoms with van der Waals surface area (Å²) in [6, 6.07) is 8.16. The molecule has 0 saturated carbocycles. The molecule has 1 heterocycles. The Morgan fingerprint density at radius 2 is 2.06 bits per heavy atom. The average molecular weight is 232 g/mol. The number of nitrogens with zero attached hydrogens (tertiary/aromatic N) is 3. The molecule has 0 saturated heterocycles. The van der Waals surface area contributed by atoms with E-state index in [0.29, 0.717) is 11.5 Å². The van der Waals surface area contributed by atoms with Gasteiger partial charge in [-0.1, -0.05) is 47.3 Å². The monoisotopic (exact) mass is 232 g/mol. The number of rotatable bonds is 3. The van der Waals surface area contributed by atoms with E-state index >= 15 is 0 Å². The van der Waals surface area contributed by atoms with E-state index in [1.165, 1.54) is 5.56 Å². The summed E-state index contributed by atoms with van der Waals surface area (Å²) in [7, 11) is 0. The van der Waals surface area contributed by atoms with Crippen molar-refractivity contribution in [2.24, 2.45) is 5.73 Å². The van der Waals surface area contributed by atoms with E-state index in [1.54, 1.807) is 10.9 Å². The van der Waals surface area contributed by atoms with Crippen LogP contribution in [0.25, 0.3) is 11.3 Å². The first-order valence-electron chi connectivity index (χ1n) is 4.90. The molecule has 0 unspecified atom stereocenters. The molecule has 0 aliphatic heterocycles. The molecule has 0 spiro atoms. The van der Waals surface area contributed by atoms with Crippen LogP contribution in [0.15, 0.2) is 30.5 Å². The molecular weight excluding hydrogens is 220 g/mol. The topological polar surface area (TPSA) is 56.7 Å². The highest BCUT2D eigenvalue weighted by Gasteiger charge is 2.06. The third kappa shape index (κ3) is 2.25. The van der Waals surface area contributed by atoms with Gasteiger partial charge in [0.05, 0.1) is 23.4 Å². The second-order valence-corrected chi connectivity index (χ2v) is 4.13. The fourth-order valence-electron chi connectivity index (χ4n) is 1.47. The van der Waals surface area contributed by atoms with E-state index < -0.39 is 0 Å². The van der Waals surface area contributed by atoms with Gasteiger partial charge in [-0.3, -0.25) is 0 Å². The Morgan fingerprint density at radius 1 is 1.38 bits per heavy atom. The second kappa shape index (κ2) is 4.40. The van der Waals surface area contributed by atoms with Crippen molar-refractivity contribution < 1.29 is 0 Å². The van der Waals surface area contributed by atoms with Gasteiger partial charge < -0.3 is 5.73 Å². The standard InChI is InChI=1S/C11H12N4S/c1-8-2-4-9(5-3-8)10-6-13-14-15(10)7-11(12)16/h2-6H,7H2,1H3,(H2,12,16). The van der Waals surface area contributed by atoms with Crippen LogP contribution >= 0.6 is 12.2 Å². The van der Waals surface area contributed by atoms with Crippen molar-refractivity contribution in [3.05, 3.63) is 36.0 Å². The van der Waals surface area contributed by atoms with Crippen LogP contribution in [-0.4, -0.2) is 20.0 Å². The normalized spacial score (nSPS) is 10.3. The van der Waals surface area contributed by atoms with E-state index in [1.807, 2.05) is 31.2 Å². The van der Waals surface area contributed by atoms with E-state index in [4.69, 9.17) is 18.0 Å². The summed E-state index contributed by atoms with van der Waals surface area (Å²) in [5, 5.41) is 7.83. The van der Waals surface area contributed by atoms with Gasteiger partial charge in [0, 0.05) is 5.56 Å². The van der Waals surface area contributed by atoms with Gasteiger partial charge in [-0.2, -0.15) is 0 Å². The molecule has 0 aliphatic rings. The molecule has 82 valence electrons. The van der Waals surface area contributed by atoms with Gasteiger partial charge in [0.1, 0.15) is 0 Å². The number of aromatic nitrogens is 3. The molecule has 0 radical (unpaired) electrons. The van der Waals surface area contributed by atoms with Crippen LogP contribution in [0.3, 0.4) is 0 Å². The molecule has 1 aromatic heterocycles. The number of benzene rings is 1. The minimum absolute atomic E-state index is 0.402. The Hall–Kier alpha value is -1.75. The molecule has 0 bridgehead atoms. The van der Waals surface area contributed by atoms with Crippen LogP contribution in [0, 0.1) is 6.92 Å². The van der Waals surface area contributed by atoms with Gasteiger partial charge in [-0.15, -0.1) is 5.10 Å². The van der Waals surface area contributed by atoms with Gasteiger partial charge in [0.15, 0.2) is 0 Å². The van der Waals surface area contributed by atoms with Crippen LogP contribution in [-0.2, 0) is 6.54 Å². The van der Waals surface area contributed by atoms with Crippen LogP contribution in [0.4, 0.5) is 0 Å². The number of hydrogen-bond donors (Lipinski definition) is 1. The quantitative estimate of drug-likeness (QED) is 0.816. The summed E-state index contributed by atoms with van der Waals surface area (Å²) in [4.78, 5) is 0.402. The van der Waals surface area contributed by atoms with Crippen molar-refractivity contribution in [1.82, 2.24) is 15.0 Å². The minimum Gasteiger partial charge on any atom is -0.392 e. The molecule has 4 nitrogen and oxygen atoms in total. The van der Waals surface area contributed by atoms with Crippen molar-refractivity contribution >= 4 is 17.2 Å². The second-order valence-electron chi connectivity index (χ2n) is 3.61. The Balaban J connectivity index is 2.36. The SMILES string of the molecule is Cc1ccc(-c2cnnn2CC(N)=S)cc1. The molecule has 5 heteroatoms. The van der Waals surface area contributed by atoms with Crippen molar-refractivity contribution in [2.75, 3.05) is 0 Å². The maximum atomic E-state index is 5.50. The number of nitrogens with two attached hydrogens (primary N) is 1. The average Bonchev–Trinajstić information content (AvgIpc) is 2.66. The maximum Gasteiger partial charge on any atom is 0.0946 e. The Kier molecular flexibility index (Phi) is 2.96.